The lowest BCUT2D eigenvalue weighted by molar-refractivity contribution is 0.490. The monoisotopic (exact) mass is 248 g/mol. The summed E-state index contributed by atoms with van der Waals surface area (Å²) in [6.45, 7) is 13.9. The maximum Gasteiger partial charge on any atom is 0.0372 e. The fourth-order valence-electron chi connectivity index (χ4n) is 1.80. The van der Waals surface area contributed by atoms with Crippen molar-refractivity contribution in [2.75, 3.05) is 11.9 Å². The summed E-state index contributed by atoms with van der Waals surface area (Å²) in [6.07, 6.45) is 0.964. The number of nitrogens with two attached hydrogens (primary N) is 1. The molecule has 0 saturated carbocycles. The largest absolute Gasteiger partial charge is 0.385 e. The molecular formula is C16H28N2. The van der Waals surface area contributed by atoms with Crippen molar-refractivity contribution in [1.82, 2.24) is 0 Å². The Labute approximate surface area is 112 Å². The van der Waals surface area contributed by atoms with Crippen molar-refractivity contribution in [2.24, 2.45) is 5.73 Å². The average molecular weight is 248 g/mol. The first-order valence-corrected chi connectivity index (χ1v) is 6.73. The molecule has 0 radical (unpaired) electrons. The topological polar surface area (TPSA) is 38.0 Å². The van der Waals surface area contributed by atoms with Gasteiger partial charge in [-0.3, -0.25) is 0 Å². The minimum Gasteiger partial charge on any atom is -0.385 e. The van der Waals surface area contributed by atoms with Crippen molar-refractivity contribution in [3.8, 4) is 0 Å². The summed E-state index contributed by atoms with van der Waals surface area (Å²) >= 11 is 0. The summed E-state index contributed by atoms with van der Waals surface area (Å²) < 4.78 is 0. The molecule has 1 aromatic carbocycles. The Morgan fingerprint density at radius 1 is 1.11 bits per heavy atom. The van der Waals surface area contributed by atoms with Crippen molar-refractivity contribution < 1.29 is 0 Å². The Hall–Kier alpha value is -1.02. The van der Waals surface area contributed by atoms with E-state index in [0.717, 1.165) is 13.0 Å². The number of anilines is 1. The molecule has 0 bridgehead atoms. The average Bonchev–Trinajstić information content (AvgIpc) is 2.17. The highest BCUT2D eigenvalue weighted by Gasteiger charge is 2.15. The summed E-state index contributed by atoms with van der Waals surface area (Å²) in [4.78, 5) is 0. The number of nitrogens with one attached hydrogen (secondary N) is 1. The molecular weight excluding hydrogens is 220 g/mol. The smallest absolute Gasteiger partial charge is 0.0372 e. The van der Waals surface area contributed by atoms with E-state index < -0.39 is 0 Å². The van der Waals surface area contributed by atoms with Crippen molar-refractivity contribution in [3.05, 3.63) is 29.3 Å². The lowest BCUT2D eigenvalue weighted by atomic mass is 9.86. The Kier molecular flexibility index (Phi) is 4.44. The predicted octanol–water partition coefficient (Wildman–Crippen LogP) is 3.83. The summed E-state index contributed by atoms with van der Waals surface area (Å²) in [5.74, 6) is 0. The summed E-state index contributed by atoms with van der Waals surface area (Å²) in [7, 11) is 0. The van der Waals surface area contributed by atoms with Gasteiger partial charge in [0.1, 0.15) is 0 Å². The van der Waals surface area contributed by atoms with Crippen molar-refractivity contribution in [2.45, 2.75) is 58.9 Å². The third-order valence-electron chi connectivity index (χ3n) is 3.19. The van der Waals surface area contributed by atoms with Crippen LogP contribution in [0.3, 0.4) is 0 Å². The number of hydrogen-bond acceptors (Lipinski definition) is 2. The maximum atomic E-state index is 6.00. The Balaban J connectivity index is 2.76. The molecule has 18 heavy (non-hydrogen) atoms. The molecule has 0 spiro atoms. The molecule has 1 aromatic rings. The molecule has 0 aromatic heterocycles. The van der Waals surface area contributed by atoms with Gasteiger partial charge in [-0.05, 0) is 49.8 Å². The number of hydrogen-bond donors (Lipinski definition) is 2. The zero-order valence-corrected chi connectivity index (χ0v) is 12.7. The highest BCUT2D eigenvalue weighted by atomic mass is 14.9. The van der Waals surface area contributed by atoms with E-state index in [1.807, 2.05) is 0 Å². The molecule has 0 unspecified atom stereocenters. The summed E-state index contributed by atoms with van der Waals surface area (Å²) in [5, 5.41) is 3.50. The van der Waals surface area contributed by atoms with E-state index in [1.165, 1.54) is 16.8 Å². The SMILES string of the molecule is Cc1ccc(C(C)(C)C)cc1NCCC(C)(C)N. The van der Waals surface area contributed by atoms with Gasteiger partial charge in [0, 0.05) is 17.8 Å². The number of rotatable bonds is 4. The molecule has 0 fully saturated rings. The molecule has 102 valence electrons. The second kappa shape index (κ2) is 5.31. The molecule has 0 saturated heterocycles. The lowest BCUT2D eigenvalue weighted by Gasteiger charge is -2.23. The molecule has 2 heteroatoms. The normalized spacial score (nSPS) is 12.6. The molecule has 0 atom stereocenters. The van der Waals surface area contributed by atoms with Crippen LogP contribution in [0.25, 0.3) is 0 Å². The van der Waals surface area contributed by atoms with Crippen molar-refractivity contribution in [3.63, 3.8) is 0 Å². The van der Waals surface area contributed by atoms with Crippen LogP contribution in [0, 0.1) is 6.92 Å². The number of aryl methyl sites for hydroxylation is 1. The van der Waals surface area contributed by atoms with E-state index in [2.05, 4.69) is 65.1 Å². The standard InChI is InChI=1S/C16H28N2/c1-12-7-8-13(15(2,3)4)11-14(12)18-10-9-16(5,6)17/h7-8,11,18H,9-10,17H2,1-6H3. The first kappa shape index (κ1) is 15.0. The van der Waals surface area contributed by atoms with Gasteiger partial charge >= 0.3 is 0 Å². The van der Waals surface area contributed by atoms with Gasteiger partial charge in [0.25, 0.3) is 0 Å². The van der Waals surface area contributed by atoms with Crippen LogP contribution in [0.15, 0.2) is 18.2 Å². The second-order valence-corrected chi connectivity index (χ2v) is 6.95. The molecule has 2 nitrogen and oxygen atoms in total. The van der Waals surface area contributed by atoms with Crippen LogP contribution >= 0.6 is 0 Å². The van der Waals surface area contributed by atoms with E-state index in [-0.39, 0.29) is 11.0 Å². The minimum absolute atomic E-state index is 0.109. The first-order valence-electron chi connectivity index (χ1n) is 6.73. The molecule has 0 aliphatic heterocycles. The van der Waals surface area contributed by atoms with E-state index in [4.69, 9.17) is 5.73 Å². The highest BCUT2D eigenvalue weighted by molar-refractivity contribution is 5.53. The quantitative estimate of drug-likeness (QED) is 0.850. The van der Waals surface area contributed by atoms with E-state index in [1.54, 1.807) is 0 Å². The highest BCUT2D eigenvalue weighted by Crippen LogP contribution is 2.27. The van der Waals surface area contributed by atoms with Gasteiger partial charge in [0.2, 0.25) is 0 Å². The molecule has 0 aliphatic rings. The van der Waals surface area contributed by atoms with Crippen LogP contribution in [0.4, 0.5) is 5.69 Å². The second-order valence-electron chi connectivity index (χ2n) is 6.95. The van der Waals surface area contributed by atoms with Crippen molar-refractivity contribution in [1.29, 1.82) is 0 Å². The molecule has 0 heterocycles. The molecule has 1 rings (SSSR count). The van der Waals surface area contributed by atoms with Crippen molar-refractivity contribution >= 4 is 5.69 Å². The van der Waals surface area contributed by atoms with Gasteiger partial charge in [-0.2, -0.15) is 0 Å². The maximum absolute atomic E-state index is 6.00. The zero-order valence-electron chi connectivity index (χ0n) is 12.7. The fourth-order valence-corrected chi connectivity index (χ4v) is 1.80. The predicted molar refractivity (Wildman–Crippen MR) is 81.3 cm³/mol. The van der Waals surface area contributed by atoms with Gasteiger partial charge in [-0.15, -0.1) is 0 Å². The van der Waals surface area contributed by atoms with Gasteiger partial charge in [-0.1, -0.05) is 32.9 Å². The summed E-state index contributed by atoms with van der Waals surface area (Å²) in [5.41, 5.74) is 9.96. The Morgan fingerprint density at radius 2 is 1.72 bits per heavy atom. The third kappa shape index (κ3) is 4.69. The van der Waals surface area contributed by atoms with E-state index in [9.17, 15) is 0 Å². The Morgan fingerprint density at radius 3 is 2.22 bits per heavy atom. The molecule has 0 amide bonds. The minimum atomic E-state index is -0.109. The van der Waals surface area contributed by atoms with Gasteiger partial charge in [0.05, 0.1) is 0 Å². The molecule has 3 N–H and O–H groups in total. The van der Waals surface area contributed by atoms with Crippen LogP contribution in [0.1, 0.15) is 52.2 Å². The Bertz CT molecular complexity index is 395. The van der Waals surface area contributed by atoms with Crippen LogP contribution in [-0.4, -0.2) is 12.1 Å². The first-order chi connectivity index (χ1) is 8.09. The third-order valence-corrected chi connectivity index (χ3v) is 3.19. The van der Waals surface area contributed by atoms with Crippen LogP contribution in [-0.2, 0) is 5.41 Å². The fraction of sp³-hybridized carbons (Fsp3) is 0.625. The van der Waals surface area contributed by atoms with Crippen LogP contribution in [0.2, 0.25) is 0 Å². The zero-order chi connectivity index (χ0) is 14.0. The lowest BCUT2D eigenvalue weighted by Crippen LogP contribution is -2.34. The van der Waals surface area contributed by atoms with Gasteiger partial charge < -0.3 is 11.1 Å². The van der Waals surface area contributed by atoms with E-state index in [0.29, 0.717) is 0 Å². The van der Waals surface area contributed by atoms with Crippen LogP contribution in [0.5, 0.6) is 0 Å². The van der Waals surface area contributed by atoms with Crippen LogP contribution < -0.4 is 11.1 Å². The van der Waals surface area contributed by atoms with Gasteiger partial charge in [0.15, 0.2) is 0 Å². The van der Waals surface area contributed by atoms with E-state index >= 15 is 0 Å². The van der Waals surface area contributed by atoms with Gasteiger partial charge in [-0.25, -0.2) is 0 Å². The number of benzene rings is 1. The summed E-state index contributed by atoms with van der Waals surface area (Å²) in [6, 6.07) is 6.67. The molecule has 0 aliphatic carbocycles.